The van der Waals surface area contributed by atoms with Gasteiger partial charge >= 0.3 is 0 Å². The lowest BCUT2D eigenvalue weighted by Gasteiger charge is -2.06. The van der Waals surface area contributed by atoms with E-state index < -0.39 is 0 Å². The van der Waals surface area contributed by atoms with Gasteiger partial charge in [-0.2, -0.15) is 5.10 Å². The van der Waals surface area contributed by atoms with E-state index in [0.717, 1.165) is 17.9 Å². The first kappa shape index (κ1) is 11.6. The summed E-state index contributed by atoms with van der Waals surface area (Å²) >= 11 is 0. The summed E-state index contributed by atoms with van der Waals surface area (Å²) in [5.41, 5.74) is 2.50. The van der Waals surface area contributed by atoms with Gasteiger partial charge in [0, 0.05) is 12.7 Å². The fourth-order valence-electron chi connectivity index (χ4n) is 1.74. The van der Waals surface area contributed by atoms with Gasteiger partial charge in [-0.25, -0.2) is 4.98 Å². The maximum absolute atomic E-state index is 4.17. The van der Waals surface area contributed by atoms with Crippen molar-refractivity contribution in [3.05, 3.63) is 42.0 Å². The van der Waals surface area contributed by atoms with Crippen LogP contribution >= 0.6 is 0 Å². The van der Waals surface area contributed by atoms with Crippen LogP contribution in [0.3, 0.4) is 0 Å². The molecule has 1 N–H and O–H groups in total. The zero-order valence-corrected chi connectivity index (χ0v) is 10.3. The molecule has 0 aliphatic heterocycles. The van der Waals surface area contributed by atoms with Crippen LogP contribution in [0.15, 0.2) is 30.6 Å². The van der Waals surface area contributed by atoms with Crippen molar-refractivity contribution in [3.63, 3.8) is 0 Å². The number of nitrogens with one attached hydrogen (secondary N) is 1. The first-order valence-corrected chi connectivity index (χ1v) is 5.95. The van der Waals surface area contributed by atoms with Crippen LogP contribution in [0.25, 0.3) is 0 Å². The summed E-state index contributed by atoms with van der Waals surface area (Å²) in [7, 11) is 1.90. The highest BCUT2D eigenvalue weighted by Crippen LogP contribution is 2.11. The van der Waals surface area contributed by atoms with Crippen molar-refractivity contribution in [2.24, 2.45) is 7.05 Å². The second kappa shape index (κ2) is 5.48. The van der Waals surface area contributed by atoms with Crippen molar-refractivity contribution in [2.75, 3.05) is 5.32 Å². The summed E-state index contributed by atoms with van der Waals surface area (Å²) in [6.45, 7) is 2.89. The summed E-state index contributed by atoms with van der Waals surface area (Å²) < 4.78 is 1.78. The van der Waals surface area contributed by atoms with Crippen LogP contribution in [-0.2, 0) is 20.0 Å². The summed E-state index contributed by atoms with van der Waals surface area (Å²) in [5, 5.41) is 7.37. The van der Waals surface area contributed by atoms with Crippen LogP contribution in [0.2, 0.25) is 0 Å². The molecule has 1 aromatic carbocycles. The molecule has 90 valence electrons. The van der Waals surface area contributed by atoms with Crippen LogP contribution in [0.4, 0.5) is 5.69 Å². The van der Waals surface area contributed by atoms with Crippen molar-refractivity contribution in [3.8, 4) is 0 Å². The Morgan fingerprint density at radius 1 is 1.24 bits per heavy atom. The average molecular weight is 230 g/mol. The molecule has 0 saturated carbocycles. The molecule has 0 spiro atoms. The Morgan fingerprint density at radius 3 is 2.59 bits per heavy atom. The van der Waals surface area contributed by atoms with Gasteiger partial charge in [-0.05, 0) is 24.1 Å². The summed E-state index contributed by atoms with van der Waals surface area (Å²) in [5.74, 6) is 0.933. The highest BCUT2D eigenvalue weighted by molar-refractivity contribution is 5.44. The normalized spacial score (nSPS) is 10.5. The summed E-state index contributed by atoms with van der Waals surface area (Å²) in [4.78, 5) is 4.17. The zero-order valence-electron chi connectivity index (χ0n) is 10.3. The number of hydrogen-bond acceptors (Lipinski definition) is 3. The minimum Gasteiger partial charge on any atom is -0.378 e. The van der Waals surface area contributed by atoms with Gasteiger partial charge in [-0.1, -0.05) is 25.5 Å². The predicted octanol–water partition coefficient (Wildman–Crippen LogP) is 2.38. The van der Waals surface area contributed by atoms with Gasteiger partial charge in [0.15, 0.2) is 0 Å². The Hall–Kier alpha value is -1.84. The van der Waals surface area contributed by atoms with Gasteiger partial charge < -0.3 is 5.32 Å². The largest absolute Gasteiger partial charge is 0.378 e. The van der Waals surface area contributed by atoms with Crippen LogP contribution < -0.4 is 5.32 Å². The van der Waals surface area contributed by atoms with Crippen molar-refractivity contribution in [1.82, 2.24) is 14.8 Å². The van der Waals surface area contributed by atoms with Crippen LogP contribution in [0.1, 0.15) is 24.7 Å². The fourth-order valence-corrected chi connectivity index (χ4v) is 1.74. The average Bonchev–Trinajstić information content (AvgIpc) is 2.75. The third-order valence-electron chi connectivity index (χ3n) is 2.75. The molecule has 2 rings (SSSR count). The number of aromatic nitrogens is 3. The Balaban J connectivity index is 1.93. The molecule has 4 nitrogen and oxygen atoms in total. The number of aryl methyl sites for hydroxylation is 2. The van der Waals surface area contributed by atoms with Crippen molar-refractivity contribution < 1.29 is 0 Å². The summed E-state index contributed by atoms with van der Waals surface area (Å²) in [6.07, 6.45) is 3.90. The number of rotatable bonds is 5. The molecular weight excluding hydrogens is 212 g/mol. The van der Waals surface area contributed by atoms with Gasteiger partial charge in [0.2, 0.25) is 0 Å². The van der Waals surface area contributed by atoms with Gasteiger partial charge in [0.25, 0.3) is 0 Å². The standard InChI is InChI=1S/C13H18N4/c1-3-4-11-5-7-12(8-6-11)14-9-13-15-10-16-17(13)2/h5-8,10,14H,3-4,9H2,1-2H3. The topological polar surface area (TPSA) is 42.7 Å². The van der Waals surface area contributed by atoms with Crippen LogP contribution in [0, 0.1) is 0 Å². The molecule has 0 fully saturated rings. The molecule has 17 heavy (non-hydrogen) atoms. The van der Waals surface area contributed by atoms with Crippen LogP contribution in [-0.4, -0.2) is 14.8 Å². The fraction of sp³-hybridized carbons (Fsp3) is 0.385. The van der Waals surface area contributed by atoms with E-state index in [1.54, 1.807) is 11.0 Å². The van der Waals surface area contributed by atoms with Crippen molar-refractivity contribution in [2.45, 2.75) is 26.3 Å². The minimum atomic E-state index is 0.698. The minimum absolute atomic E-state index is 0.698. The first-order valence-electron chi connectivity index (χ1n) is 5.95. The lowest BCUT2D eigenvalue weighted by atomic mass is 10.1. The molecule has 0 saturated heterocycles. The van der Waals surface area contributed by atoms with E-state index in [1.165, 1.54) is 12.0 Å². The van der Waals surface area contributed by atoms with Crippen molar-refractivity contribution >= 4 is 5.69 Å². The molecule has 0 atom stereocenters. The molecule has 0 aliphatic rings. The Labute approximate surface area is 102 Å². The SMILES string of the molecule is CCCc1ccc(NCc2ncnn2C)cc1. The monoisotopic (exact) mass is 230 g/mol. The molecule has 2 aromatic rings. The Morgan fingerprint density at radius 2 is 2.00 bits per heavy atom. The van der Waals surface area contributed by atoms with E-state index in [2.05, 4.69) is 46.6 Å². The zero-order chi connectivity index (χ0) is 12.1. The van der Waals surface area contributed by atoms with E-state index in [0.29, 0.717) is 6.54 Å². The van der Waals surface area contributed by atoms with Gasteiger partial charge in [0.1, 0.15) is 12.2 Å². The molecular formula is C13H18N4. The smallest absolute Gasteiger partial charge is 0.145 e. The third kappa shape index (κ3) is 3.06. The highest BCUT2D eigenvalue weighted by Gasteiger charge is 1.99. The van der Waals surface area contributed by atoms with Gasteiger partial charge in [-0.3, -0.25) is 4.68 Å². The van der Waals surface area contributed by atoms with E-state index in [-0.39, 0.29) is 0 Å². The number of nitrogens with zero attached hydrogens (tertiary/aromatic N) is 3. The molecule has 0 unspecified atom stereocenters. The molecule has 0 aliphatic carbocycles. The quantitative estimate of drug-likeness (QED) is 0.857. The molecule has 1 heterocycles. The lowest BCUT2D eigenvalue weighted by Crippen LogP contribution is -2.06. The molecule has 4 heteroatoms. The number of hydrogen-bond donors (Lipinski definition) is 1. The van der Waals surface area contributed by atoms with E-state index in [1.807, 2.05) is 7.05 Å². The second-order valence-electron chi connectivity index (χ2n) is 4.10. The van der Waals surface area contributed by atoms with Crippen LogP contribution in [0.5, 0.6) is 0 Å². The number of benzene rings is 1. The van der Waals surface area contributed by atoms with E-state index in [4.69, 9.17) is 0 Å². The Bertz CT molecular complexity index is 459. The molecule has 0 bridgehead atoms. The van der Waals surface area contributed by atoms with Crippen molar-refractivity contribution in [1.29, 1.82) is 0 Å². The van der Waals surface area contributed by atoms with Gasteiger partial charge in [0.05, 0.1) is 6.54 Å². The maximum atomic E-state index is 4.17. The maximum Gasteiger partial charge on any atom is 0.145 e. The number of anilines is 1. The molecule has 0 radical (unpaired) electrons. The lowest BCUT2D eigenvalue weighted by molar-refractivity contribution is 0.712. The summed E-state index contributed by atoms with van der Waals surface area (Å²) in [6, 6.07) is 8.56. The Kier molecular flexibility index (Phi) is 3.75. The second-order valence-corrected chi connectivity index (χ2v) is 4.10. The highest BCUT2D eigenvalue weighted by atomic mass is 15.3. The third-order valence-corrected chi connectivity index (χ3v) is 2.75. The molecule has 1 aromatic heterocycles. The molecule has 0 amide bonds. The van der Waals surface area contributed by atoms with E-state index >= 15 is 0 Å². The van der Waals surface area contributed by atoms with E-state index in [9.17, 15) is 0 Å². The first-order chi connectivity index (χ1) is 8.29. The predicted molar refractivity (Wildman–Crippen MR) is 68.8 cm³/mol. The van der Waals surface area contributed by atoms with Gasteiger partial charge in [-0.15, -0.1) is 0 Å².